The van der Waals surface area contributed by atoms with E-state index in [1.54, 1.807) is 24.1 Å². The first-order valence-corrected chi connectivity index (χ1v) is 11.1. The summed E-state index contributed by atoms with van der Waals surface area (Å²) in [7, 11) is 5.61. The van der Waals surface area contributed by atoms with Crippen molar-refractivity contribution >= 4 is 45.0 Å². The maximum Gasteiger partial charge on any atom is 0.260 e. The van der Waals surface area contributed by atoms with E-state index in [4.69, 9.17) is 14.5 Å². The molecule has 0 aliphatic carbocycles. The molecule has 6 nitrogen and oxygen atoms in total. The zero-order valence-electron chi connectivity index (χ0n) is 18.7. The molecule has 4 aromatic rings. The van der Waals surface area contributed by atoms with E-state index in [1.165, 1.54) is 11.3 Å². The Morgan fingerprint density at radius 3 is 2.24 bits per heavy atom. The highest BCUT2D eigenvalue weighted by molar-refractivity contribution is 7.22. The van der Waals surface area contributed by atoms with E-state index < -0.39 is 0 Å². The topological polar surface area (TPSA) is 54.9 Å². The molecule has 0 saturated heterocycles. The Bertz CT molecular complexity index is 1200. The van der Waals surface area contributed by atoms with Gasteiger partial charge in [0, 0.05) is 24.7 Å². The summed E-state index contributed by atoms with van der Waals surface area (Å²) in [6.45, 7) is 1.26. The number of benzene rings is 3. The molecule has 0 aliphatic heterocycles. The van der Waals surface area contributed by atoms with Gasteiger partial charge in [-0.1, -0.05) is 29.5 Å². The average molecular weight is 484 g/mol. The number of halogens is 1. The molecule has 1 amide bonds. The Morgan fingerprint density at radius 1 is 0.909 bits per heavy atom. The van der Waals surface area contributed by atoms with Crippen molar-refractivity contribution in [2.45, 2.75) is 0 Å². The lowest BCUT2D eigenvalue weighted by molar-refractivity contribution is 0.0985. The summed E-state index contributed by atoms with van der Waals surface area (Å²) >= 11 is 1.50. The van der Waals surface area contributed by atoms with Gasteiger partial charge in [0.15, 0.2) is 5.13 Å². The summed E-state index contributed by atoms with van der Waals surface area (Å²) in [5.41, 5.74) is 1.40. The number of thiazole rings is 1. The van der Waals surface area contributed by atoms with E-state index in [0.29, 0.717) is 23.0 Å². The maximum atomic E-state index is 13.4. The summed E-state index contributed by atoms with van der Waals surface area (Å²) in [6.07, 6.45) is 0. The van der Waals surface area contributed by atoms with Crippen LogP contribution in [0.5, 0.6) is 17.2 Å². The summed E-state index contributed by atoms with van der Waals surface area (Å²) in [6, 6.07) is 22.5. The third kappa shape index (κ3) is 6.01. The molecular weight excluding hydrogens is 458 g/mol. The van der Waals surface area contributed by atoms with Crippen LogP contribution in [0.25, 0.3) is 10.2 Å². The van der Waals surface area contributed by atoms with Gasteiger partial charge in [-0.3, -0.25) is 9.69 Å². The minimum atomic E-state index is -0.0934. The average Bonchev–Trinajstić information content (AvgIpc) is 3.23. The number of methoxy groups -OCH3 is 1. The molecule has 0 fully saturated rings. The zero-order chi connectivity index (χ0) is 22.5. The molecule has 0 N–H and O–H groups in total. The number of para-hydroxylation sites is 1. The molecule has 1 aromatic heterocycles. The Labute approximate surface area is 203 Å². The number of aromatic nitrogens is 1. The Balaban J connectivity index is 0.00000306. The van der Waals surface area contributed by atoms with Gasteiger partial charge in [0.2, 0.25) is 0 Å². The lowest BCUT2D eigenvalue weighted by atomic mass is 10.2. The van der Waals surface area contributed by atoms with Crippen molar-refractivity contribution in [1.82, 2.24) is 9.88 Å². The number of amides is 1. The van der Waals surface area contributed by atoms with Crippen molar-refractivity contribution in [3.8, 4) is 17.2 Å². The quantitative estimate of drug-likeness (QED) is 0.320. The lowest BCUT2D eigenvalue weighted by Gasteiger charge is -2.22. The van der Waals surface area contributed by atoms with Crippen molar-refractivity contribution in [3.63, 3.8) is 0 Å². The fraction of sp³-hybridized carbons (Fsp3) is 0.200. The second-order valence-electron chi connectivity index (χ2n) is 7.53. The van der Waals surface area contributed by atoms with E-state index in [9.17, 15) is 4.79 Å². The number of anilines is 1. The Morgan fingerprint density at radius 2 is 1.58 bits per heavy atom. The van der Waals surface area contributed by atoms with Crippen molar-refractivity contribution in [2.75, 3.05) is 39.2 Å². The van der Waals surface area contributed by atoms with Crippen molar-refractivity contribution in [3.05, 3.63) is 78.4 Å². The second-order valence-corrected chi connectivity index (χ2v) is 8.54. The standard InChI is InChI=1S/C25H25N3O3S.ClH/c1-27(2)15-16-28(25-26-22-17-21(30-3)13-14-23(22)32-25)24(29)18-9-11-20(12-10-18)31-19-7-5-4-6-8-19;/h4-14,17H,15-16H2,1-3H3;1H. The van der Waals surface area contributed by atoms with Crippen LogP contribution in [-0.4, -0.2) is 50.1 Å². The third-order valence-corrected chi connectivity index (χ3v) is 5.97. The van der Waals surface area contributed by atoms with Crippen LogP contribution in [0.3, 0.4) is 0 Å². The number of hydrogen-bond donors (Lipinski definition) is 0. The van der Waals surface area contributed by atoms with Gasteiger partial charge in [0.05, 0.1) is 17.3 Å². The number of likely N-dealkylation sites (N-methyl/N-ethyl adjacent to an activating group) is 1. The summed E-state index contributed by atoms with van der Waals surface area (Å²) in [5, 5.41) is 0.671. The minimum absolute atomic E-state index is 0. The van der Waals surface area contributed by atoms with Gasteiger partial charge in [-0.2, -0.15) is 0 Å². The first kappa shape index (κ1) is 24.5. The van der Waals surface area contributed by atoms with Gasteiger partial charge in [0.25, 0.3) is 5.91 Å². The first-order valence-electron chi connectivity index (χ1n) is 10.3. The van der Waals surface area contributed by atoms with Crippen LogP contribution >= 0.6 is 23.7 Å². The van der Waals surface area contributed by atoms with Gasteiger partial charge in [-0.15, -0.1) is 12.4 Å². The fourth-order valence-electron chi connectivity index (χ4n) is 3.17. The number of ether oxygens (including phenoxy) is 2. The van der Waals surface area contributed by atoms with Crippen molar-refractivity contribution in [1.29, 1.82) is 0 Å². The van der Waals surface area contributed by atoms with E-state index >= 15 is 0 Å². The van der Waals surface area contributed by atoms with Gasteiger partial charge >= 0.3 is 0 Å². The third-order valence-electron chi connectivity index (χ3n) is 4.91. The number of fused-ring (bicyclic) bond motifs is 1. The van der Waals surface area contributed by atoms with Crippen LogP contribution in [0.2, 0.25) is 0 Å². The Hall–Kier alpha value is -3.13. The van der Waals surface area contributed by atoms with Crippen LogP contribution in [0.15, 0.2) is 72.8 Å². The van der Waals surface area contributed by atoms with Crippen molar-refractivity contribution in [2.24, 2.45) is 0 Å². The number of nitrogens with zero attached hydrogens (tertiary/aromatic N) is 3. The molecule has 0 atom stereocenters. The highest BCUT2D eigenvalue weighted by atomic mass is 35.5. The SMILES string of the molecule is COc1ccc2sc(N(CCN(C)C)C(=O)c3ccc(Oc4ccccc4)cc3)nc2c1.Cl. The minimum Gasteiger partial charge on any atom is -0.497 e. The summed E-state index contributed by atoms with van der Waals surface area (Å²) < 4.78 is 12.2. The predicted octanol–water partition coefficient (Wildman–Crippen LogP) is 5.73. The maximum absolute atomic E-state index is 13.4. The highest BCUT2D eigenvalue weighted by Gasteiger charge is 2.21. The molecule has 0 bridgehead atoms. The molecule has 0 saturated carbocycles. The molecule has 0 unspecified atom stereocenters. The van der Waals surface area contributed by atoms with Crippen LogP contribution in [0, 0.1) is 0 Å². The zero-order valence-corrected chi connectivity index (χ0v) is 20.4. The lowest BCUT2D eigenvalue weighted by Crippen LogP contribution is -2.36. The van der Waals surface area contributed by atoms with E-state index in [0.717, 1.165) is 28.3 Å². The van der Waals surface area contributed by atoms with Gasteiger partial charge in [-0.25, -0.2) is 4.98 Å². The molecule has 4 rings (SSSR count). The molecule has 0 aliphatic rings. The van der Waals surface area contributed by atoms with Crippen molar-refractivity contribution < 1.29 is 14.3 Å². The fourth-order valence-corrected chi connectivity index (χ4v) is 4.14. The number of carbonyl (C=O) groups is 1. The molecule has 172 valence electrons. The predicted molar refractivity (Wildman–Crippen MR) is 137 cm³/mol. The molecule has 33 heavy (non-hydrogen) atoms. The molecule has 8 heteroatoms. The van der Waals surface area contributed by atoms with E-state index in [1.807, 2.05) is 79.7 Å². The highest BCUT2D eigenvalue weighted by Crippen LogP contribution is 2.32. The number of carbonyl (C=O) groups excluding carboxylic acids is 1. The van der Waals surface area contributed by atoms with Crippen LogP contribution < -0.4 is 14.4 Å². The van der Waals surface area contributed by atoms with E-state index in [2.05, 4.69) is 0 Å². The molecular formula is C25H26ClN3O3S. The Kier molecular flexibility index (Phi) is 8.27. The van der Waals surface area contributed by atoms with Crippen LogP contribution in [0.1, 0.15) is 10.4 Å². The molecule has 0 spiro atoms. The first-order chi connectivity index (χ1) is 15.5. The largest absolute Gasteiger partial charge is 0.497 e. The normalized spacial score (nSPS) is 10.7. The summed E-state index contributed by atoms with van der Waals surface area (Å²) in [5.74, 6) is 2.09. The van der Waals surface area contributed by atoms with Crippen LogP contribution in [0.4, 0.5) is 5.13 Å². The van der Waals surface area contributed by atoms with Gasteiger partial charge in [0.1, 0.15) is 17.2 Å². The molecule has 0 radical (unpaired) electrons. The van der Waals surface area contributed by atoms with Crippen LogP contribution in [-0.2, 0) is 0 Å². The smallest absolute Gasteiger partial charge is 0.260 e. The van der Waals surface area contributed by atoms with Gasteiger partial charge in [-0.05, 0) is 62.6 Å². The molecule has 1 heterocycles. The monoisotopic (exact) mass is 483 g/mol. The molecule has 3 aromatic carbocycles. The second kappa shape index (κ2) is 11.1. The van der Waals surface area contributed by atoms with Gasteiger partial charge < -0.3 is 14.4 Å². The number of rotatable bonds is 8. The summed E-state index contributed by atoms with van der Waals surface area (Å²) in [4.78, 5) is 21.9. The van der Waals surface area contributed by atoms with E-state index in [-0.39, 0.29) is 18.3 Å². The number of hydrogen-bond acceptors (Lipinski definition) is 6.